The highest BCUT2D eigenvalue weighted by Gasteiger charge is 2.25. The van der Waals surface area contributed by atoms with Gasteiger partial charge >= 0.3 is 0 Å². The highest BCUT2D eigenvalue weighted by atomic mass is 16.1. The lowest BCUT2D eigenvalue weighted by Gasteiger charge is -2.29. The Kier molecular flexibility index (Phi) is 3.67. The highest BCUT2D eigenvalue weighted by molar-refractivity contribution is 5.84. The third-order valence-corrected chi connectivity index (χ3v) is 3.21. The smallest absolute Gasteiger partial charge is 0.149 e. The molecule has 16 heavy (non-hydrogen) atoms. The molecule has 1 fully saturated rings. The van der Waals surface area contributed by atoms with Crippen LogP contribution in [0.3, 0.4) is 0 Å². The molecule has 0 aliphatic heterocycles. The predicted molar refractivity (Wildman–Crippen MR) is 63.0 cm³/mol. The van der Waals surface area contributed by atoms with E-state index in [2.05, 4.69) is 16.0 Å². The molecule has 1 aromatic rings. The standard InChI is InChI=1S/C13H18N2O/c1-15(10-11-5-4-8-14-9-11)12-6-2-3-7-13(12)16/h4-5,8-9,12H,2-3,6-7,10H2,1H3. The molecule has 1 aliphatic rings. The van der Waals surface area contributed by atoms with Crippen molar-refractivity contribution in [2.24, 2.45) is 0 Å². The first-order valence-electron chi connectivity index (χ1n) is 5.89. The average molecular weight is 218 g/mol. The van der Waals surface area contributed by atoms with Crippen LogP contribution in [0.5, 0.6) is 0 Å². The second kappa shape index (κ2) is 5.21. The second-order valence-electron chi connectivity index (χ2n) is 4.50. The molecule has 0 bridgehead atoms. The summed E-state index contributed by atoms with van der Waals surface area (Å²) in [7, 11) is 2.03. The van der Waals surface area contributed by atoms with Gasteiger partial charge in [0.2, 0.25) is 0 Å². The highest BCUT2D eigenvalue weighted by Crippen LogP contribution is 2.19. The topological polar surface area (TPSA) is 33.2 Å². The minimum atomic E-state index is 0.119. The molecule has 0 radical (unpaired) electrons. The summed E-state index contributed by atoms with van der Waals surface area (Å²) in [6.07, 6.45) is 7.64. The van der Waals surface area contributed by atoms with Gasteiger partial charge < -0.3 is 0 Å². The number of nitrogens with zero attached hydrogens (tertiary/aromatic N) is 2. The molecule has 86 valence electrons. The average Bonchev–Trinajstić information content (AvgIpc) is 2.31. The van der Waals surface area contributed by atoms with Crippen LogP contribution < -0.4 is 0 Å². The zero-order valence-corrected chi connectivity index (χ0v) is 9.72. The number of likely N-dealkylation sites (N-methyl/N-ethyl adjacent to an activating group) is 1. The third-order valence-electron chi connectivity index (χ3n) is 3.21. The number of rotatable bonds is 3. The van der Waals surface area contributed by atoms with E-state index in [9.17, 15) is 4.79 Å². The van der Waals surface area contributed by atoms with E-state index in [4.69, 9.17) is 0 Å². The van der Waals surface area contributed by atoms with Gasteiger partial charge in [0, 0.05) is 25.4 Å². The molecular formula is C13H18N2O. The van der Waals surface area contributed by atoms with E-state index < -0.39 is 0 Å². The second-order valence-corrected chi connectivity index (χ2v) is 4.50. The Morgan fingerprint density at radius 1 is 1.50 bits per heavy atom. The summed E-state index contributed by atoms with van der Waals surface area (Å²) in [6, 6.07) is 4.11. The molecule has 1 atom stereocenters. The number of ketones is 1. The van der Waals surface area contributed by atoms with E-state index in [0.717, 1.165) is 25.8 Å². The quantitative estimate of drug-likeness (QED) is 0.778. The maximum absolute atomic E-state index is 11.8. The van der Waals surface area contributed by atoms with Gasteiger partial charge in [-0.3, -0.25) is 14.7 Å². The van der Waals surface area contributed by atoms with Crippen molar-refractivity contribution in [2.45, 2.75) is 38.3 Å². The number of aromatic nitrogens is 1. The van der Waals surface area contributed by atoms with Gasteiger partial charge in [0.25, 0.3) is 0 Å². The van der Waals surface area contributed by atoms with E-state index >= 15 is 0 Å². The van der Waals surface area contributed by atoms with Crippen molar-refractivity contribution < 1.29 is 4.79 Å². The van der Waals surface area contributed by atoms with E-state index in [0.29, 0.717) is 5.78 Å². The number of Topliss-reactive ketones (excluding diaryl/α,β-unsaturated/α-hetero) is 1. The molecular weight excluding hydrogens is 200 g/mol. The summed E-state index contributed by atoms with van der Waals surface area (Å²) in [5.74, 6) is 0.401. The molecule has 1 unspecified atom stereocenters. The van der Waals surface area contributed by atoms with Crippen molar-refractivity contribution in [3.63, 3.8) is 0 Å². The van der Waals surface area contributed by atoms with Crippen LogP contribution in [0.2, 0.25) is 0 Å². The third kappa shape index (κ3) is 2.67. The summed E-state index contributed by atoms with van der Waals surface area (Å²) in [5, 5.41) is 0. The summed E-state index contributed by atoms with van der Waals surface area (Å²) in [6.45, 7) is 0.810. The van der Waals surface area contributed by atoms with Crippen molar-refractivity contribution in [3.05, 3.63) is 30.1 Å². The number of carbonyl (C=O) groups excluding carboxylic acids is 1. The molecule has 2 rings (SSSR count). The van der Waals surface area contributed by atoms with Crippen LogP contribution in [0.4, 0.5) is 0 Å². The van der Waals surface area contributed by atoms with Gasteiger partial charge in [0.05, 0.1) is 6.04 Å². The lowest BCUT2D eigenvalue weighted by molar-refractivity contribution is -0.125. The van der Waals surface area contributed by atoms with Crippen LogP contribution >= 0.6 is 0 Å². The molecule has 0 aromatic carbocycles. The first kappa shape index (κ1) is 11.3. The molecule has 3 nitrogen and oxygen atoms in total. The molecule has 0 spiro atoms. The minimum Gasteiger partial charge on any atom is -0.298 e. The van der Waals surface area contributed by atoms with E-state index in [1.807, 2.05) is 19.3 Å². The minimum absolute atomic E-state index is 0.119. The first-order chi connectivity index (χ1) is 7.77. The van der Waals surface area contributed by atoms with Crippen LogP contribution in [0.15, 0.2) is 24.5 Å². The van der Waals surface area contributed by atoms with Crippen LogP contribution in [0.1, 0.15) is 31.2 Å². The van der Waals surface area contributed by atoms with Gasteiger partial charge in [-0.2, -0.15) is 0 Å². The maximum Gasteiger partial charge on any atom is 0.149 e. The Hall–Kier alpha value is -1.22. The Balaban J connectivity index is 1.97. The Morgan fingerprint density at radius 2 is 2.38 bits per heavy atom. The van der Waals surface area contributed by atoms with E-state index in [1.54, 1.807) is 6.20 Å². The summed E-state index contributed by atoms with van der Waals surface area (Å²) in [4.78, 5) is 18.0. The zero-order chi connectivity index (χ0) is 11.4. The van der Waals surface area contributed by atoms with Gasteiger partial charge in [-0.25, -0.2) is 0 Å². The van der Waals surface area contributed by atoms with E-state index in [-0.39, 0.29) is 6.04 Å². The van der Waals surface area contributed by atoms with Gasteiger partial charge in [0.15, 0.2) is 0 Å². The fourth-order valence-corrected chi connectivity index (χ4v) is 2.32. The Bertz CT molecular complexity index is 350. The number of hydrogen-bond donors (Lipinski definition) is 0. The summed E-state index contributed by atoms with van der Waals surface area (Å²) >= 11 is 0. The summed E-state index contributed by atoms with van der Waals surface area (Å²) < 4.78 is 0. The van der Waals surface area contributed by atoms with Gasteiger partial charge in [-0.1, -0.05) is 12.5 Å². The van der Waals surface area contributed by atoms with Crippen molar-refractivity contribution in [1.29, 1.82) is 0 Å². The molecule has 0 N–H and O–H groups in total. The van der Waals surface area contributed by atoms with Crippen LogP contribution in [-0.2, 0) is 11.3 Å². The van der Waals surface area contributed by atoms with Crippen LogP contribution in [0, 0.1) is 0 Å². The monoisotopic (exact) mass is 218 g/mol. The number of pyridine rings is 1. The van der Waals surface area contributed by atoms with Crippen molar-refractivity contribution in [2.75, 3.05) is 7.05 Å². The maximum atomic E-state index is 11.8. The number of carbonyl (C=O) groups is 1. The molecule has 3 heteroatoms. The van der Waals surface area contributed by atoms with Crippen molar-refractivity contribution in [1.82, 2.24) is 9.88 Å². The molecule has 1 saturated carbocycles. The number of hydrogen-bond acceptors (Lipinski definition) is 3. The van der Waals surface area contributed by atoms with Crippen molar-refractivity contribution in [3.8, 4) is 0 Å². The fraction of sp³-hybridized carbons (Fsp3) is 0.538. The largest absolute Gasteiger partial charge is 0.298 e. The molecule has 1 aromatic heterocycles. The molecule has 1 aliphatic carbocycles. The van der Waals surface area contributed by atoms with Crippen molar-refractivity contribution >= 4 is 5.78 Å². The first-order valence-corrected chi connectivity index (χ1v) is 5.89. The normalized spacial score (nSPS) is 21.4. The van der Waals surface area contributed by atoms with Gasteiger partial charge in [0.1, 0.15) is 5.78 Å². The zero-order valence-electron chi connectivity index (χ0n) is 9.72. The SMILES string of the molecule is CN(Cc1cccnc1)C1CCCCC1=O. The van der Waals surface area contributed by atoms with Gasteiger partial charge in [-0.05, 0) is 31.5 Å². The van der Waals surface area contributed by atoms with E-state index in [1.165, 1.54) is 12.0 Å². The Morgan fingerprint density at radius 3 is 3.06 bits per heavy atom. The van der Waals surface area contributed by atoms with Gasteiger partial charge in [-0.15, -0.1) is 0 Å². The lowest BCUT2D eigenvalue weighted by Crippen LogP contribution is -2.39. The lowest BCUT2D eigenvalue weighted by atomic mass is 9.93. The summed E-state index contributed by atoms with van der Waals surface area (Å²) in [5.41, 5.74) is 1.17. The molecule has 1 heterocycles. The van der Waals surface area contributed by atoms with Crippen LogP contribution in [-0.4, -0.2) is 28.8 Å². The Labute approximate surface area is 96.5 Å². The fourth-order valence-electron chi connectivity index (χ4n) is 2.32. The molecule has 0 saturated heterocycles. The van der Waals surface area contributed by atoms with Crippen LogP contribution in [0.25, 0.3) is 0 Å². The molecule has 0 amide bonds. The predicted octanol–water partition coefficient (Wildman–Crippen LogP) is 2.03.